The summed E-state index contributed by atoms with van der Waals surface area (Å²) in [6.07, 6.45) is 0. The first-order chi connectivity index (χ1) is 9.79. The van der Waals surface area contributed by atoms with Crippen molar-refractivity contribution in [1.29, 1.82) is 0 Å². The van der Waals surface area contributed by atoms with Gasteiger partial charge in [0.1, 0.15) is 0 Å². The Bertz CT molecular complexity index is 816. The minimum atomic E-state index is -1.18. The van der Waals surface area contributed by atoms with E-state index in [0.29, 0.717) is 5.52 Å². The lowest BCUT2D eigenvalue weighted by Crippen LogP contribution is -2.46. The van der Waals surface area contributed by atoms with Crippen LogP contribution >= 0.6 is 0 Å². The van der Waals surface area contributed by atoms with E-state index in [1.54, 1.807) is 19.9 Å². The Morgan fingerprint density at radius 2 is 2.05 bits per heavy atom. The number of hydrogen-bond donors (Lipinski definition) is 2. The van der Waals surface area contributed by atoms with E-state index in [9.17, 15) is 19.5 Å². The van der Waals surface area contributed by atoms with Crippen molar-refractivity contribution in [2.75, 3.05) is 13.7 Å². The van der Waals surface area contributed by atoms with Gasteiger partial charge < -0.3 is 14.8 Å². The molecule has 0 saturated heterocycles. The van der Waals surface area contributed by atoms with Crippen LogP contribution < -0.4 is 11.1 Å². The third kappa shape index (κ3) is 2.47. The topological polar surface area (TPSA) is 101 Å². The predicted octanol–water partition coefficient (Wildman–Crippen LogP) is 0.770. The Morgan fingerprint density at radius 3 is 2.62 bits per heavy atom. The molecule has 1 aromatic carbocycles. The van der Waals surface area contributed by atoms with E-state index < -0.39 is 22.6 Å². The van der Waals surface area contributed by atoms with E-state index in [1.807, 2.05) is 0 Å². The van der Waals surface area contributed by atoms with Gasteiger partial charge in [-0.25, -0.2) is 4.79 Å². The quantitative estimate of drug-likeness (QED) is 0.810. The standard InChI is InChI=1S/C14H16N2O5/c1-14(2,7-21-3)16-9-6-4-5-8(13(19)20)10(9)15-11(17)12(16)18/h4-6H,7H2,1-3H3,(H,15,17)(H,19,20). The van der Waals surface area contributed by atoms with Gasteiger partial charge in [-0.3, -0.25) is 14.2 Å². The fourth-order valence-corrected chi connectivity index (χ4v) is 2.43. The first-order valence-corrected chi connectivity index (χ1v) is 6.30. The number of rotatable bonds is 4. The lowest BCUT2D eigenvalue weighted by Gasteiger charge is -2.28. The zero-order valence-corrected chi connectivity index (χ0v) is 12.0. The summed E-state index contributed by atoms with van der Waals surface area (Å²) in [6, 6.07) is 4.50. The number of nitrogens with zero attached hydrogens (tertiary/aromatic N) is 1. The Labute approximate surface area is 119 Å². The summed E-state index contributed by atoms with van der Waals surface area (Å²) in [5, 5.41) is 9.21. The van der Waals surface area contributed by atoms with Crippen LogP contribution in [0, 0.1) is 0 Å². The molecule has 7 nitrogen and oxygen atoms in total. The summed E-state index contributed by atoms with van der Waals surface area (Å²) in [6.45, 7) is 3.68. The fraction of sp³-hybridized carbons (Fsp3) is 0.357. The van der Waals surface area contributed by atoms with Gasteiger partial charge in [-0.1, -0.05) is 6.07 Å². The molecule has 0 radical (unpaired) electrons. The molecule has 0 aliphatic heterocycles. The minimum Gasteiger partial charge on any atom is -0.478 e. The molecule has 2 aromatic rings. The molecular formula is C14H16N2O5. The van der Waals surface area contributed by atoms with Crippen molar-refractivity contribution in [3.8, 4) is 0 Å². The maximum absolute atomic E-state index is 12.2. The zero-order valence-electron chi connectivity index (χ0n) is 12.0. The van der Waals surface area contributed by atoms with Crippen LogP contribution in [0.25, 0.3) is 11.0 Å². The second-order valence-electron chi connectivity index (χ2n) is 5.34. The van der Waals surface area contributed by atoms with E-state index in [2.05, 4.69) is 4.98 Å². The molecule has 0 bridgehead atoms. The summed E-state index contributed by atoms with van der Waals surface area (Å²) >= 11 is 0. The number of aromatic carboxylic acids is 1. The Balaban J connectivity index is 2.97. The van der Waals surface area contributed by atoms with Crippen molar-refractivity contribution in [2.45, 2.75) is 19.4 Å². The van der Waals surface area contributed by atoms with Gasteiger partial charge in [0, 0.05) is 7.11 Å². The van der Waals surface area contributed by atoms with Gasteiger partial charge in [-0.2, -0.15) is 0 Å². The van der Waals surface area contributed by atoms with Gasteiger partial charge in [0.2, 0.25) is 0 Å². The van der Waals surface area contributed by atoms with Gasteiger partial charge in [-0.05, 0) is 26.0 Å². The number of fused-ring (bicyclic) bond motifs is 1. The van der Waals surface area contributed by atoms with Crippen LogP contribution in [0.15, 0.2) is 27.8 Å². The van der Waals surface area contributed by atoms with Crippen molar-refractivity contribution in [3.63, 3.8) is 0 Å². The molecule has 0 amide bonds. The number of ether oxygens (including phenoxy) is 1. The maximum atomic E-state index is 12.2. The number of aromatic amines is 1. The maximum Gasteiger partial charge on any atom is 0.337 e. The molecule has 112 valence electrons. The smallest absolute Gasteiger partial charge is 0.337 e. The number of carbonyl (C=O) groups is 1. The SMILES string of the molecule is COCC(C)(C)n1c(=O)c(=O)[nH]c2c(C(=O)O)cccc21. The molecule has 0 aliphatic rings. The highest BCUT2D eigenvalue weighted by molar-refractivity contribution is 6.00. The predicted molar refractivity (Wildman–Crippen MR) is 77.0 cm³/mol. The third-order valence-electron chi connectivity index (χ3n) is 3.25. The van der Waals surface area contributed by atoms with Crippen LogP contribution in [0.3, 0.4) is 0 Å². The monoisotopic (exact) mass is 292 g/mol. The third-order valence-corrected chi connectivity index (χ3v) is 3.25. The van der Waals surface area contributed by atoms with Crippen molar-refractivity contribution in [3.05, 3.63) is 44.5 Å². The summed E-state index contributed by atoms with van der Waals surface area (Å²) in [5.41, 5.74) is -1.99. The Hall–Kier alpha value is -2.41. The molecule has 21 heavy (non-hydrogen) atoms. The van der Waals surface area contributed by atoms with Crippen LogP contribution in [-0.4, -0.2) is 34.3 Å². The number of nitrogens with one attached hydrogen (secondary N) is 1. The molecule has 1 heterocycles. The molecular weight excluding hydrogens is 276 g/mol. The molecule has 0 aliphatic carbocycles. The second kappa shape index (κ2) is 5.17. The minimum absolute atomic E-state index is 0.0634. The average Bonchev–Trinajstić information content (AvgIpc) is 2.38. The number of carboxylic acids is 1. The lowest BCUT2D eigenvalue weighted by atomic mass is 10.0. The highest BCUT2D eigenvalue weighted by Gasteiger charge is 2.26. The summed E-state index contributed by atoms with van der Waals surface area (Å²) < 4.78 is 6.37. The second-order valence-corrected chi connectivity index (χ2v) is 5.34. The van der Waals surface area contributed by atoms with E-state index in [4.69, 9.17) is 4.74 Å². The van der Waals surface area contributed by atoms with Crippen molar-refractivity contribution >= 4 is 17.0 Å². The van der Waals surface area contributed by atoms with Crippen molar-refractivity contribution < 1.29 is 14.6 Å². The largest absolute Gasteiger partial charge is 0.478 e. The van der Waals surface area contributed by atoms with Gasteiger partial charge in [-0.15, -0.1) is 0 Å². The number of aromatic nitrogens is 2. The van der Waals surface area contributed by atoms with Crippen LogP contribution in [0.5, 0.6) is 0 Å². The highest BCUT2D eigenvalue weighted by Crippen LogP contribution is 2.21. The average molecular weight is 292 g/mol. The van der Waals surface area contributed by atoms with Gasteiger partial charge in [0.15, 0.2) is 0 Å². The number of methoxy groups -OCH3 is 1. The number of carboxylic acid groups (broad SMARTS) is 1. The van der Waals surface area contributed by atoms with Gasteiger partial charge in [0.05, 0.1) is 28.7 Å². The Kier molecular flexibility index (Phi) is 3.69. The number of benzene rings is 1. The van der Waals surface area contributed by atoms with Crippen molar-refractivity contribution in [1.82, 2.24) is 9.55 Å². The number of hydrogen-bond acceptors (Lipinski definition) is 4. The van der Waals surface area contributed by atoms with Crippen molar-refractivity contribution in [2.24, 2.45) is 0 Å². The normalized spacial score (nSPS) is 11.8. The molecule has 0 atom stereocenters. The van der Waals surface area contributed by atoms with E-state index in [1.165, 1.54) is 23.8 Å². The van der Waals surface area contributed by atoms with Crippen LogP contribution in [0.2, 0.25) is 0 Å². The molecule has 0 spiro atoms. The van der Waals surface area contributed by atoms with Gasteiger partial charge >= 0.3 is 17.1 Å². The molecule has 2 rings (SSSR count). The molecule has 2 N–H and O–H groups in total. The fourth-order valence-electron chi connectivity index (χ4n) is 2.43. The van der Waals surface area contributed by atoms with Crippen LogP contribution in [-0.2, 0) is 10.3 Å². The van der Waals surface area contributed by atoms with Crippen LogP contribution in [0.4, 0.5) is 0 Å². The number of H-pyrrole nitrogens is 1. The lowest BCUT2D eigenvalue weighted by molar-refractivity contribution is 0.0698. The summed E-state index contributed by atoms with van der Waals surface area (Å²) in [7, 11) is 1.49. The first kappa shape index (κ1) is 15.0. The Morgan fingerprint density at radius 1 is 1.38 bits per heavy atom. The molecule has 0 unspecified atom stereocenters. The molecule has 0 fully saturated rings. The summed E-state index contributed by atoms with van der Waals surface area (Å²) in [4.78, 5) is 37.7. The highest BCUT2D eigenvalue weighted by atomic mass is 16.5. The molecule has 7 heteroatoms. The van der Waals surface area contributed by atoms with Crippen LogP contribution in [0.1, 0.15) is 24.2 Å². The summed E-state index contributed by atoms with van der Waals surface area (Å²) in [5.74, 6) is -1.18. The molecule has 1 aromatic heterocycles. The van der Waals surface area contributed by atoms with E-state index in [0.717, 1.165) is 0 Å². The zero-order chi connectivity index (χ0) is 15.8. The van der Waals surface area contributed by atoms with E-state index in [-0.39, 0.29) is 17.7 Å². The van der Waals surface area contributed by atoms with Gasteiger partial charge in [0.25, 0.3) is 0 Å². The number of para-hydroxylation sites is 1. The van der Waals surface area contributed by atoms with E-state index >= 15 is 0 Å². The first-order valence-electron chi connectivity index (χ1n) is 6.30. The molecule has 0 saturated carbocycles.